The molecule has 0 radical (unpaired) electrons. The topological polar surface area (TPSA) is 118 Å². The molecule has 1 fully saturated rings. The molecule has 0 aliphatic heterocycles. The van der Waals surface area contributed by atoms with Crippen molar-refractivity contribution in [3.8, 4) is 10.4 Å². The van der Waals surface area contributed by atoms with Crippen LogP contribution in [0.2, 0.25) is 0 Å². The number of carbonyl (C=O) groups is 1. The number of thiazole rings is 1. The monoisotopic (exact) mass is 482 g/mol. The molecular formula is C22H22N6O3S2. The zero-order valence-electron chi connectivity index (χ0n) is 17.6. The van der Waals surface area contributed by atoms with Gasteiger partial charge in [0.15, 0.2) is 5.01 Å². The van der Waals surface area contributed by atoms with Gasteiger partial charge in [-0.3, -0.25) is 14.5 Å². The zero-order chi connectivity index (χ0) is 22.8. The van der Waals surface area contributed by atoms with Gasteiger partial charge in [-0.1, -0.05) is 18.9 Å². The maximum absolute atomic E-state index is 12.6. The number of hydrogen-bond acceptors (Lipinski definition) is 7. The summed E-state index contributed by atoms with van der Waals surface area (Å²) in [6.07, 6.45) is 10.1. The first-order valence-corrected chi connectivity index (χ1v) is 13.0. The van der Waals surface area contributed by atoms with Gasteiger partial charge < -0.3 is 5.32 Å². The fourth-order valence-electron chi connectivity index (χ4n) is 3.96. The van der Waals surface area contributed by atoms with Crippen molar-refractivity contribution in [2.24, 2.45) is 0 Å². The van der Waals surface area contributed by atoms with Crippen LogP contribution >= 0.6 is 11.3 Å². The van der Waals surface area contributed by atoms with E-state index >= 15 is 0 Å². The van der Waals surface area contributed by atoms with E-state index in [1.54, 1.807) is 29.0 Å². The second-order valence-electron chi connectivity index (χ2n) is 7.89. The fraction of sp³-hybridized carbons (Fsp3) is 0.273. The highest BCUT2D eigenvalue weighted by Crippen LogP contribution is 2.30. The average molecular weight is 483 g/mol. The maximum atomic E-state index is 12.6. The SMILES string of the molecule is O=C(NCc1cc(NS(=O)(=O)C2CCCC2)ccn1)c1ncc(-c2cnn3ccccc23)s1. The highest BCUT2D eigenvalue weighted by Gasteiger charge is 2.28. The van der Waals surface area contributed by atoms with Crippen LogP contribution in [0, 0.1) is 0 Å². The number of amides is 1. The van der Waals surface area contributed by atoms with E-state index in [0.29, 0.717) is 29.2 Å². The van der Waals surface area contributed by atoms with Gasteiger partial charge >= 0.3 is 0 Å². The van der Waals surface area contributed by atoms with Gasteiger partial charge in [-0.15, -0.1) is 11.3 Å². The van der Waals surface area contributed by atoms with E-state index in [4.69, 9.17) is 0 Å². The van der Waals surface area contributed by atoms with E-state index in [1.807, 2.05) is 24.4 Å². The Kier molecular flexibility index (Phi) is 5.81. The first-order valence-electron chi connectivity index (χ1n) is 10.6. The standard InChI is InChI=1S/C22H22N6O3S2/c29-21(22-25-14-20(32-22)18-13-26-28-10-4-3-7-19(18)28)24-12-16-11-15(8-9-23-16)27-33(30,31)17-5-1-2-6-17/h3-4,7-11,13-14,17H,1-2,5-6,12H2,(H,23,27)(H,24,29). The van der Waals surface area contributed by atoms with E-state index in [9.17, 15) is 13.2 Å². The molecule has 1 saturated carbocycles. The van der Waals surface area contributed by atoms with Crippen molar-refractivity contribution in [3.63, 3.8) is 0 Å². The molecule has 5 rings (SSSR count). The van der Waals surface area contributed by atoms with E-state index in [2.05, 4.69) is 25.1 Å². The number of pyridine rings is 2. The van der Waals surface area contributed by atoms with Crippen molar-refractivity contribution < 1.29 is 13.2 Å². The Morgan fingerprint density at radius 3 is 2.85 bits per heavy atom. The molecule has 0 saturated heterocycles. The molecule has 9 nitrogen and oxygen atoms in total. The molecule has 4 heterocycles. The molecule has 11 heteroatoms. The van der Waals surface area contributed by atoms with E-state index < -0.39 is 10.0 Å². The van der Waals surface area contributed by atoms with Gasteiger partial charge in [0, 0.05) is 24.2 Å². The third kappa shape index (κ3) is 4.60. The largest absolute Gasteiger partial charge is 0.344 e. The molecule has 1 aliphatic rings. The summed E-state index contributed by atoms with van der Waals surface area (Å²) >= 11 is 1.29. The van der Waals surface area contributed by atoms with Crippen LogP contribution in [0.4, 0.5) is 5.69 Å². The van der Waals surface area contributed by atoms with E-state index in [1.165, 1.54) is 17.5 Å². The Labute approximate surface area is 195 Å². The number of rotatable bonds is 7. The van der Waals surface area contributed by atoms with Gasteiger partial charge in [0.1, 0.15) is 0 Å². The molecule has 33 heavy (non-hydrogen) atoms. The van der Waals surface area contributed by atoms with Gasteiger partial charge in [-0.2, -0.15) is 5.10 Å². The Morgan fingerprint density at radius 1 is 1.15 bits per heavy atom. The van der Waals surface area contributed by atoms with Crippen LogP contribution in [0.5, 0.6) is 0 Å². The quantitative estimate of drug-likeness (QED) is 0.416. The maximum Gasteiger partial charge on any atom is 0.280 e. The summed E-state index contributed by atoms with van der Waals surface area (Å²) in [4.78, 5) is 22.0. The van der Waals surface area contributed by atoms with Crippen LogP contribution in [0.3, 0.4) is 0 Å². The minimum Gasteiger partial charge on any atom is -0.344 e. The lowest BCUT2D eigenvalue weighted by Crippen LogP contribution is -2.26. The van der Waals surface area contributed by atoms with Crippen LogP contribution in [0.25, 0.3) is 16.0 Å². The number of aromatic nitrogens is 4. The smallest absolute Gasteiger partial charge is 0.280 e. The molecule has 0 spiro atoms. The first-order chi connectivity index (χ1) is 16.0. The summed E-state index contributed by atoms with van der Waals surface area (Å²) in [6, 6.07) is 9.05. The average Bonchev–Trinajstić information content (AvgIpc) is 3.58. The van der Waals surface area contributed by atoms with Crippen molar-refractivity contribution in [1.82, 2.24) is 24.9 Å². The Hall–Kier alpha value is -3.31. The fourth-order valence-corrected chi connectivity index (χ4v) is 6.39. The molecule has 4 aromatic rings. The summed E-state index contributed by atoms with van der Waals surface area (Å²) in [5.74, 6) is -0.318. The van der Waals surface area contributed by atoms with Gasteiger partial charge in [-0.25, -0.2) is 17.9 Å². The van der Waals surface area contributed by atoms with Crippen LogP contribution in [0.15, 0.2) is 55.1 Å². The Balaban J connectivity index is 1.24. The predicted octanol–water partition coefficient (Wildman–Crippen LogP) is 3.47. The summed E-state index contributed by atoms with van der Waals surface area (Å²) in [7, 11) is -3.42. The molecule has 170 valence electrons. The molecule has 1 amide bonds. The lowest BCUT2D eigenvalue weighted by atomic mass is 10.2. The lowest BCUT2D eigenvalue weighted by molar-refractivity contribution is 0.0950. The first kappa shape index (κ1) is 21.5. The molecule has 2 N–H and O–H groups in total. The molecule has 0 unspecified atom stereocenters. The van der Waals surface area contributed by atoms with E-state index in [0.717, 1.165) is 28.8 Å². The van der Waals surface area contributed by atoms with Crippen LogP contribution < -0.4 is 10.0 Å². The molecule has 0 aromatic carbocycles. The normalized spacial score (nSPS) is 14.5. The van der Waals surface area contributed by atoms with Crippen molar-refractivity contribution >= 4 is 38.5 Å². The minimum atomic E-state index is -3.42. The van der Waals surface area contributed by atoms with Crippen LogP contribution in [0.1, 0.15) is 41.2 Å². The number of fused-ring (bicyclic) bond motifs is 1. The van der Waals surface area contributed by atoms with Crippen molar-refractivity contribution in [1.29, 1.82) is 0 Å². The summed E-state index contributed by atoms with van der Waals surface area (Å²) in [5, 5.41) is 7.11. The number of anilines is 1. The molecule has 0 bridgehead atoms. The number of carbonyl (C=O) groups excluding carboxylic acids is 1. The van der Waals surface area contributed by atoms with Crippen molar-refractivity contribution in [2.45, 2.75) is 37.5 Å². The summed E-state index contributed by atoms with van der Waals surface area (Å²) < 4.78 is 29.5. The molecule has 1 aliphatic carbocycles. The molecule has 0 atom stereocenters. The van der Waals surface area contributed by atoms with Gasteiger partial charge in [0.2, 0.25) is 10.0 Å². The van der Waals surface area contributed by atoms with E-state index in [-0.39, 0.29) is 17.7 Å². The lowest BCUT2D eigenvalue weighted by Gasteiger charge is -2.14. The van der Waals surface area contributed by atoms with Gasteiger partial charge in [0.05, 0.1) is 39.8 Å². The van der Waals surface area contributed by atoms with Crippen LogP contribution in [-0.2, 0) is 16.6 Å². The van der Waals surface area contributed by atoms with Crippen molar-refractivity contribution in [3.05, 3.63) is 65.8 Å². The number of sulfonamides is 1. The second kappa shape index (κ2) is 8.91. The summed E-state index contributed by atoms with van der Waals surface area (Å²) in [6.45, 7) is 0.156. The Bertz CT molecular complexity index is 1410. The van der Waals surface area contributed by atoms with Gasteiger partial charge in [-0.05, 0) is 37.1 Å². The minimum absolute atomic E-state index is 0.156. The highest BCUT2D eigenvalue weighted by molar-refractivity contribution is 7.93. The molecular weight excluding hydrogens is 460 g/mol. The zero-order valence-corrected chi connectivity index (χ0v) is 19.3. The van der Waals surface area contributed by atoms with Crippen molar-refractivity contribution in [2.75, 3.05) is 4.72 Å². The van der Waals surface area contributed by atoms with Gasteiger partial charge in [0.25, 0.3) is 5.91 Å². The second-order valence-corrected chi connectivity index (χ2v) is 10.9. The summed E-state index contributed by atoms with van der Waals surface area (Å²) in [5.41, 5.74) is 2.85. The van der Waals surface area contributed by atoms with Crippen LogP contribution in [-0.4, -0.2) is 39.2 Å². The third-order valence-corrected chi connectivity index (χ3v) is 8.54. The predicted molar refractivity (Wildman–Crippen MR) is 127 cm³/mol. The number of nitrogens with zero attached hydrogens (tertiary/aromatic N) is 4. The molecule has 4 aromatic heterocycles. The highest BCUT2D eigenvalue weighted by atomic mass is 32.2. The Morgan fingerprint density at radius 2 is 2.00 bits per heavy atom. The number of nitrogens with one attached hydrogen (secondary N) is 2. The third-order valence-electron chi connectivity index (χ3n) is 5.64. The number of hydrogen-bond donors (Lipinski definition) is 2.